The Balaban J connectivity index is 2.82. The summed E-state index contributed by atoms with van der Waals surface area (Å²) in [6.45, 7) is -0.194. The van der Waals surface area contributed by atoms with Crippen molar-refractivity contribution in [1.29, 1.82) is 0 Å². The SMILES string of the molecule is CNCc1cc(F)c(OCC(=O)OC)c(F)c1. The van der Waals surface area contributed by atoms with Crippen molar-refractivity contribution >= 4 is 5.97 Å². The van der Waals surface area contributed by atoms with Crippen molar-refractivity contribution in [3.05, 3.63) is 29.3 Å². The van der Waals surface area contributed by atoms with Gasteiger partial charge in [0.2, 0.25) is 0 Å². The van der Waals surface area contributed by atoms with Gasteiger partial charge in [0.15, 0.2) is 24.0 Å². The summed E-state index contributed by atoms with van der Waals surface area (Å²) in [5, 5.41) is 2.77. The third-order valence-corrected chi connectivity index (χ3v) is 2.00. The highest BCUT2D eigenvalue weighted by Gasteiger charge is 2.14. The molecule has 1 aromatic carbocycles. The Morgan fingerprint density at radius 2 is 1.94 bits per heavy atom. The molecule has 6 heteroatoms. The molecule has 0 amide bonds. The fourth-order valence-corrected chi connectivity index (χ4v) is 1.25. The third-order valence-electron chi connectivity index (χ3n) is 2.00. The van der Waals surface area contributed by atoms with E-state index in [0.29, 0.717) is 12.1 Å². The molecule has 17 heavy (non-hydrogen) atoms. The maximum Gasteiger partial charge on any atom is 0.343 e. The molecule has 0 saturated heterocycles. The van der Waals surface area contributed by atoms with Crippen LogP contribution in [0.2, 0.25) is 0 Å². The Kier molecular flexibility index (Phi) is 4.84. The minimum absolute atomic E-state index is 0.338. The van der Waals surface area contributed by atoms with E-state index in [4.69, 9.17) is 4.74 Å². The fraction of sp³-hybridized carbons (Fsp3) is 0.364. The van der Waals surface area contributed by atoms with Crippen LogP contribution in [0.25, 0.3) is 0 Å². The Bertz CT molecular complexity index is 387. The van der Waals surface area contributed by atoms with Gasteiger partial charge < -0.3 is 14.8 Å². The number of esters is 1. The predicted molar refractivity (Wildman–Crippen MR) is 56.6 cm³/mol. The van der Waals surface area contributed by atoms with Crippen LogP contribution in [0.1, 0.15) is 5.56 Å². The lowest BCUT2D eigenvalue weighted by Gasteiger charge is -2.09. The van der Waals surface area contributed by atoms with Crippen molar-refractivity contribution in [3.63, 3.8) is 0 Å². The van der Waals surface area contributed by atoms with E-state index < -0.39 is 30.0 Å². The summed E-state index contributed by atoms with van der Waals surface area (Å²) in [4.78, 5) is 10.8. The van der Waals surface area contributed by atoms with Crippen molar-refractivity contribution in [2.75, 3.05) is 20.8 Å². The minimum atomic E-state index is -0.848. The van der Waals surface area contributed by atoms with E-state index in [1.165, 1.54) is 0 Å². The fourth-order valence-electron chi connectivity index (χ4n) is 1.25. The summed E-state index contributed by atoms with van der Waals surface area (Å²) in [6.07, 6.45) is 0. The van der Waals surface area contributed by atoms with Crippen LogP contribution >= 0.6 is 0 Å². The van der Waals surface area contributed by atoms with Crippen LogP contribution in [-0.2, 0) is 16.1 Å². The quantitative estimate of drug-likeness (QED) is 0.793. The second-order valence-electron chi connectivity index (χ2n) is 3.28. The van der Waals surface area contributed by atoms with Gasteiger partial charge in [-0.25, -0.2) is 13.6 Å². The van der Waals surface area contributed by atoms with Crippen LogP contribution in [0.5, 0.6) is 5.75 Å². The first-order valence-corrected chi connectivity index (χ1v) is 4.90. The van der Waals surface area contributed by atoms with Crippen LogP contribution in [-0.4, -0.2) is 26.7 Å². The van der Waals surface area contributed by atoms with Crippen molar-refractivity contribution < 1.29 is 23.0 Å². The standard InChI is InChI=1S/C11H13F2NO3/c1-14-5-7-3-8(12)11(9(13)4-7)17-6-10(15)16-2/h3-4,14H,5-6H2,1-2H3. The van der Waals surface area contributed by atoms with Crippen LogP contribution in [0, 0.1) is 11.6 Å². The number of benzene rings is 1. The van der Waals surface area contributed by atoms with Crippen LogP contribution in [0.3, 0.4) is 0 Å². The number of methoxy groups -OCH3 is 1. The maximum absolute atomic E-state index is 13.4. The average molecular weight is 245 g/mol. The molecule has 0 unspecified atom stereocenters. The second-order valence-corrected chi connectivity index (χ2v) is 3.28. The number of halogens is 2. The molecule has 0 aliphatic carbocycles. The predicted octanol–water partition coefficient (Wildman–Crippen LogP) is 1.24. The molecule has 94 valence electrons. The molecule has 0 atom stereocenters. The Morgan fingerprint density at radius 3 is 2.41 bits per heavy atom. The molecular weight excluding hydrogens is 232 g/mol. The lowest BCUT2D eigenvalue weighted by Crippen LogP contribution is -2.14. The highest BCUT2D eigenvalue weighted by molar-refractivity contribution is 5.70. The first-order chi connectivity index (χ1) is 8.08. The largest absolute Gasteiger partial charge is 0.476 e. The first kappa shape index (κ1) is 13.4. The summed E-state index contributed by atoms with van der Waals surface area (Å²) in [5.41, 5.74) is 0.452. The molecule has 0 fully saturated rings. The topological polar surface area (TPSA) is 47.6 Å². The molecule has 0 bridgehead atoms. The number of carbonyl (C=O) groups excluding carboxylic acids is 1. The van der Waals surface area contributed by atoms with E-state index in [-0.39, 0.29) is 0 Å². The number of hydrogen-bond acceptors (Lipinski definition) is 4. The monoisotopic (exact) mass is 245 g/mol. The van der Waals surface area contributed by atoms with Gasteiger partial charge in [-0.2, -0.15) is 0 Å². The first-order valence-electron chi connectivity index (χ1n) is 4.90. The van der Waals surface area contributed by atoms with E-state index in [0.717, 1.165) is 19.2 Å². The van der Waals surface area contributed by atoms with E-state index in [1.807, 2.05) is 0 Å². The normalized spacial score (nSPS) is 10.1. The molecule has 0 aliphatic rings. The second kappa shape index (κ2) is 6.15. The molecule has 1 rings (SSSR count). The van der Waals surface area contributed by atoms with Crippen molar-refractivity contribution in [2.24, 2.45) is 0 Å². The van der Waals surface area contributed by atoms with Gasteiger partial charge in [0.05, 0.1) is 7.11 Å². The van der Waals surface area contributed by atoms with Gasteiger partial charge >= 0.3 is 5.97 Å². The minimum Gasteiger partial charge on any atom is -0.476 e. The molecule has 4 nitrogen and oxygen atoms in total. The number of carbonyl (C=O) groups is 1. The number of hydrogen-bond donors (Lipinski definition) is 1. The Morgan fingerprint density at radius 1 is 1.35 bits per heavy atom. The number of rotatable bonds is 5. The lowest BCUT2D eigenvalue weighted by molar-refractivity contribution is -0.143. The van der Waals surface area contributed by atoms with Gasteiger partial charge in [0, 0.05) is 6.54 Å². The zero-order chi connectivity index (χ0) is 12.8. The Labute approximate surface area is 97.5 Å². The molecule has 1 N–H and O–H groups in total. The summed E-state index contributed by atoms with van der Waals surface area (Å²) in [5.74, 6) is -2.98. The van der Waals surface area contributed by atoms with E-state index in [2.05, 4.69) is 10.1 Å². The van der Waals surface area contributed by atoms with Crippen LogP contribution in [0.4, 0.5) is 8.78 Å². The van der Waals surface area contributed by atoms with Gasteiger partial charge in [-0.15, -0.1) is 0 Å². The van der Waals surface area contributed by atoms with Crippen LogP contribution < -0.4 is 10.1 Å². The third kappa shape index (κ3) is 3.67. The lowest BCUT2D eigenvalue weighted by atomic mass is 10.2. The molecule has 0 radical (unpaired) electrons. The molecule has 0 saturated carbocycles. The van der Waals surface area contributed by atoms with Crippen molar-refractivity contribution in [2.45, 2.75) is 6.54 Å². The zero-order valence-electron chi connectivity index (χ0n) is 9.55. The van der Waals surface area contributed by atoms with Gasteiger partial charge in [-0.05, 0) is 24.7 Å². The molecule has 0 spiro atoms. The van der Waals surface area contributed by atoms with Gasteiger partial charge in [-0.3, -0.25) is 0 Å². The van der Waals surface area contributed by atoms with Gasteiger partial charge in [0.25, 0.3) is 0 Å². The highest BCUT2D eigenvalue weighted by Crippen LogP contribution is 2.23. The Hall–Kier alpha value is -1.69. The van der Waals surface area contributed by atoms with Crippen molar-refractivity contribution in [1.82, 2.24) is 5.32 Å². The zero-order valence-corrected chi connectivity index (χ0v) is 9.55. The molecule has 0 aliphatic heterocycles. The molecule has 0 heterocycles. The number of nitrogens with one attached hydrogen (secondary N) is 1. The van der Waals surface area contributed by atoms with Crippen LogP contribution in [0.15, 0.2) is 12.1 Å². The van der Waals surface area contributed by atoms with Gasteiger partial charge in [-0.1, -0.05) is 0 Å². The summed E-state index contributed by atoms with van der Waals surface area (Å²) >= 11 is 0. The van der Waals surface area contributed by atoms with E-state index in [9.17, 15) is 13.6 Å². The van der Waals surface area contributed by atoms with E-state index in [1.54, 1.807) is 7.05 Å². The van der Waals surface area contributed by atoms with E-state index >= 15 is 0 Å². The highest BCUT2D eigenvalue weighted by atomic mass is 19.1. The molecule has 0 aromatic heterocycles. The number of ether oxygens (including phenoxy) is 2. The smallest absolute Gasteiger partial charge is 0.343 e. The molecule has 1 aromatic rings. The van der Waals surface area contributed by atoms with Gasteiger partial charge in [0.1, 0.15) is 0 Å². The molecular formula is C11H13F2NO3. The maximum atomic E-state index is 13.4. The summed E-state index contributed by atoms with van der Waals surface area (Å²) < 4.78 is 35.9. The summed E-state index contributed by atoms with van der Waals surface area (Å²) in [7, 11) is 2.83. The van der Waals surface area contributed by atoms with Crippen molar-refractivity contribution in [3.8, 4) is 5.75 Å². The summed E-state index contributed by atoms with van der Waals surface area (Å²) in [6, 6.07) is 2.29. The average Bonchev–Trinajstić information content (AvgIpc) is 2.28.